The predicted molar refractivity (Wildman–Crippen MR) is 131 cm³/mol. The van der Waals surface area contributed by atoms with Crippen molar-refractivity contribution in [3.05, 3.63) is 105 Å². The summed E-state index contributed by atoms with van der Waals surface area (Å²) in [5, 5.41) is 8.18. The zero-order valence-electron chi connectivity index (χ0n) is 16.9. The molecule has 0 aliphatic heterocycles. The number of fused-ring (bicyclic) bond motifs is 3. The lowest BCUT2D eigenvalue weighted by atomic mass is 10.0. The Morgan fingerprint density at radius 3 is 2.16 bits per heavy atom. The summed E-state index contributed by atoms with van der Waals surface area (Å²) in [6, 6.07) is 23.5. The highest BCUT2D eigenvalue weighted by atomic mass is 35.5. The molecule has 160 valence electrons. The molecular formula is C25H18Cl3N3O. The van der Waals surface area contributed by atoms with Crippen LogP contribution in [0.4, 0.5) is 0 Å². The van der Waals surface area contributed by atoms with Gasteiger partial charge in [-0.05, 0) is 46.5 Å². The maximum Gasteiger partial charge on any atom is 0.167 e. The molecule has 7 heteroatoms. The normalized spacial score (nSPS) is 11.1. The molecule has 5 rings (SSSR count). The quantitative estimate of drug-likeness (QED) is 0.164. The van der Waals surface area contributed by atoms with E-state index >= 15 is 0 Å². The Morgan fingerprint density at radius 2 is 1.41 bits per heavy atom. The molecule has 0 spiro atoms. The van der Waals surface area contributed by atoms with Gasteiger partial charge in [-0.1, -0.05) is 83.3 Å². The van der Waals surface area contributed by atoms with Crippen LogP contribution in [0.2, 0.25) is 15.5 Å². The average molecular weight is 483 g/mol. The number of rotatable bonds is 4. The van der Waals surface area contributed by atoms with E-state index in [9.17, 15) is 0 Å². The fourth-order valence-electron chi connectivity index (χ4n) is 3.63. The van der Waals surface area contributed by atoms with E-state index in [0.717, 1.165) is 35.2 Å². The summed E-state index contributed by atoms with van der Waals surface area (Å²) in [7, 11) is 0. The van der Waals surface area contributed by atoms with Gasteiger partial charge in [0.15, 0.2) is 6.40 Å². The number of pyridine rings is 2. The molecule has 0 amide bonds. The molecule has 1 aliphatic carbocycles. The third-order valence-corrected chi connectivity index (χ3v) is 5.76. The number of aromatic nitrogens is 2. The van der Waals surface area contributed by atoms with Gasteiger partial charge < -0.3 is 4.74 Å². The Hall–Kier alpha value is -2.92. The number of ether oxygens (including phenoxy) is 1. The molecule has 4 aromatic rings. The Balaban J connectivity index is 0.000000157. The molecular weight excluding hydrogens is 465 g/mol. The average Bonchev–Trinajstić information content (AvgIpc) is 3.16. The summed E-state index contributed by atoms with van der Waals surface area (Å²) < 4.78 is 5.00. The van der Waals surface area contributed by atoms with Gasteiger partial charge in [-0.2, -0.15) is 0 Å². The molecule has 0 fully saturated rings. The Kier molecular flexibility index (Phi) is 7.05. The lowest BCUT2D eigenvalue weighted by molar-refractivity contribution is 0.306. The highest BCUT2D eigenvalue weighted by molar-refractivity contribution is 6.34. The minimum absolute atomic E-state index is 0.318. The van der Waals surface area contributed by atoms with Crippen LogP contribution in [-0.2, 0) is 17.8 Å². The third kappa shape index (κ3) is 4.94. The van der Waals surface area contributed by atoms with Crippen molar-refractivity contribution in [1.82, 2.24) is 9.97 Å². The summed E-state index contributed by atoms with van der Waals surface area (Å²) in [6.45, 7) is 0.318. The van der Waals surface area contributed by atoms with E-state index in [1.165, 1.54) is 16.7 Å². The molecule has 1 N–H and O–H groups in total. The first-order valence-electron chi connectivity index (χ1n) is 9.81. The lowest BCUT2D eigenvalue weighted by Crippen LogP contribution is -1.94. The fourth-order valence-corrected chi connectivity index (χ4v) is 4.24. The zero-order valence-corrected chi connectivity index (χ0v) is 19.1. The lowest BCUT2D eigenvalue weighted by Gasteiger charge is -2.10. The van der Waals surface area contributed by atoms with Crippen LogP contribution in [-0.4, -0.2) is 16.4 Å². The van der Waals surface area contributed by atoms with Crippen molar-refractivity contribution in [2.45, 2.75) is 13.0 Å². The van der Waals surface area contributed by atoms with Gasteiger partial charge in [0, 0.05) is 17.5 Å². The van der Waals surface area contributed by atoms with Crippen LogP contribution < -0.4 is 0 Å². The molecule has 0 bridgehead atoms. The summed E-state index contributed by atoms with van der Waals surface area (Å²) in [5.74, 6) is 0. The number of halogens is 3. The van der Waals surface area contributed by atoms with Crippen LogP contribution in [0.15, 0.2) is 72.8 Å². The molecule has 0 radical (unpaired) electrons. The number of benzene rings is 2. The monoisotopic (exact) mass is 481 g/mol. The highest BCUT2D eigenvalue weighted by Gasteiger charge is 2.18. The molecule has 4 nitrogen and oxygen atoms in total. The van der Waals surface area contributed by atoms with Crippen LogP contribution in [0.5, 0.6) is 0 Å². The van der Waals surface area contributed by atoms with E-state index < -0.39 is 0 Å². The van der Waals surface area contributed by atoms with Crippen molar-refractivity contribution in [1.29, 1.82) is 5.41 Å². The van der Waals surface area contributed by atoms with E-state index in [1.807, 2.05) is 36.4 Å². The summed E-state index contributed by atoms with van der Waals surface area (Å²) in [4.78, 5) is 8.35. The fraction of sp³-hybridized carbons (Fsp3) is 0.0800. The largest absolute Gasteiger partial charge is 0.479 e. The van der Waals surface area contributed by atoms with E-state index in [0.29, 0.717) is 22.1 Å². The van der Waals surface area contributed by atoms with Crippen molar-refractivity contribution in [3.8, 4) is 22.3 Å². The topological polar surface area (TPSA) is 58.9 Å². The molecule has 1 aliphatic rings. The zero-order chi connectivity index (χ0) is 22.5. The van der Waals surface area contributed by atoms with Crippen molar-refractivity contribution in [3.63, 3.8) is 0 Å². The summed E-state index contributed by atoms with van der Waals surface area (Å²) in [5.41, 5.74) is 7.62. The number of nitrogens with zero attached hydrogens (tertiary/aromatic N) is 2. The van der Waals surface area contributed by atoms with E-state index in [-0.39, 0.29) is 0 Å². The Morgan fingerprint density at radius 1 is 0.750 bits per heavy atom. The summed E-state index contributed by atoms with van der Waals surface area (Å²) >= 11 is 17.7. The van der Waals surface area contributed by atoms with Crippen LogP contribution in [0, 0.1) is 5.41 Å². The molecule has 0 atom stereocenters. The first-order chi connectivity index (χ1) is 15.6. The smallest absolute Gasteiger partial charge is 0.167 e. The van der Waals surface area contributed by atoms with Crippen LogP contribution >= 0.6 is 34.8 Å². The van der Waals surface area contributed by atoms with E-state index in [4.69, 9.17) is 44.9 Å². The molecule has 2 aromatic carbocycles. The second-order valence-corrected chi connectivity index (χ2v) is 8.15. The van der Waals surface area contributed by atoms with Crippen LogP contribution in [0.1, 0.15) is 16.8 Å². The van der Waals surface area contributed by atoms with Crippen LogP contribution in [0.3, 0.4) is 0 Å². The Labute approximate surface area is 201 Å². The van der Waals surface area contributed by atoms with Crippen molar-refractivity contribution < 1.29 is 4.74 Å². The van der Waals surface area contributed by atoms with Gasteiger partial charge in [-0.3, -0.25) is 5.41 Å². The van der Waals surface area contributed by atoms with Gasteiger partial charge in [0.2, 0.25) is 0 Å². The minimum Gasteiger partial charge on any atom is -0.479 e. The van der Waals surface area contributed by atoms with Crippen molar-refractivity contribution >= 4 is 41.2 Å². The second kappa shape index (κ2) is 10.1. The molecule has 2 heterocycles. The maximum absolute atomic E-state index is 6.89. The molecule has 32 heavy (non-hydrogen) atoms. The van der Waals surface area contributed by atoms with Gasteiger partial charge in [-0.15, -0.1) is 0 Å². The van der Waals surface area contributed by atoms with Gasteiger partial charge >= 0.3 is 0 Å². The van der Waals surface area contributed by atoms with Crippen molar-refractivity contribution in [2.75, 3.05) is 0 Å². The highest BCUT2D eigenvalue weighted by Crippen LogP contribution is 2.35. The molecule has 0 unspecified atom stereocenters. The van der Waals surface area contributed by atoms with Gasteiger partial charge in [0.25, 0.3) is 0 Å². The second-order valence-electron chi connectivity index (χ2n) is 7.02. The minimum atomic E-state index is 0.318. The van der Waals surface area contributed by atoms with Gasteiger partial charge in [0.1, 0.15) is 22.1 Å². The van der Waals surface area contributed by atoms with Gasteiger partial charge in [-0.25, -0.2) is 9.97 Å². The van der Waals surface area contributed by atoms with Gasteiger partial charge in [0.05, 0.1) is 5.69 Å². The number of nitrogens with one attached hydrogen (secondary N) is 1. The Bertz CT molecular complexity index is 1280. The summed E-state index contributed by atoms with van der Waals surface area (Å²) in [6.07, 6.45) is 1.82. The maximum atomic E-state index is 6.89. The van der Waals surface area contributed by atoms with E-state index in [2.05, 4.69) is 40.3 Å². The van der Waals surface area contributed by atoms with E-state index in [1.54, 1.807) is 6.07 Å². The molecule has 2 aromatic heterocycles. The van der Waals surface area contributed by atoms with Crippen molar-refractivity contribution in [2.24, 2.45) is 0 Å². The molecule has 0 saturated heterocycles. The molecule has 0 saturated carbocycles. The first-order valence-corrected chi connectivity index (χ1v) is 10.9. The number of hydrogen-bond acceptors (Lipinski definition) is 4. The first kappa shape index (κ1) is 22.3. The number of hydrogen-bond donors (Lipinski definition) is 1. The SMILES string of the molecule is Clc1ccc2c(n1)Cc1ccccc1-2.N=COCc1ccccc1-c1ccc(Cl)nc1Cl. The standard InChI is InChI=1S/C13H10Cl2N2O.C12H8ClN/c14-12-6-5-11(13(15)17-12)10-4-2-1-3-9(10)7-18-8-16;13-12-6-5-10-9-4-2-1-3-8(9)7-11(10)14-12/h1-6,8,16H,7H2;1-6H,7H2. The predicted octanol–water partition coefficient (Wildman–Crippen LogP) is 7.49. The third-order valence-electron chi connectivity index (χ3n) is 5.05. The van der Waals surface area contributed by atoms with Crippen LogP contribution in [0.25, 0.3) is 22.3 Å².